The van der Waals surface area contributed by atoms with Gasteiger partial charge in [-0.1, -0.05) is 36.4 Å². The van der Waals surface area contributed by atoms with E-state index in [9.17, 15) is 0 Å². The van der Waals surface area contributed by atoms with Gasteiger partial charge in [-0.15, -0.1) is 0 Å². The molecule has 1 aliphatic heterocycles. The van der Waals surface area contributed by atoms with E-state index in [1.54, 1.807) is 6.20 Å². The Morgan fingerprint density at radius 3 is 2.38 bits per heavy atom. The smallest absolute Gasteiger partial charge is 0.222 e. The minimum absolute atomic E-state index is 0.326. The molecular formula is C23H27N5O. The molecule has 6 heteroatoms. The maximum atomic E-state index is 6.05. The van der Waals surface area contributed by atoms with Crippen LogP contribution in [0.4, 0.5) is 5.95 Å². The molecule has 4 rings (SSSR count). The van der Waals surface area contributed by atoms with Crippen LogP contribution in [0.1, 0.15) is 29.5 Å². The van der Waals surface area contributed by atoms with E-state index in [1.165, 1.54) is 5.56 Å². The monoisotopic (exact) mass is 389 g/mol. The molecule has 1 saturated heterocycles. The van der Waals surface area contributed by atoms with Crippen LogP contribution in [0, 0.1) is 0 Å². The number of piperidine rings is 1. The van der Waals surface area contributed by atoms with Crippen molar-refractivity contribution in [1.29, 1.82) is 0 Å². The number of aromatic nitrogens is 3. The molecule has 3 heterocycles. The van der Waals surface area contributed by atoms with Crippen molar-refractivity contribution < 1.29 is 4.74 Å². The number of anilines is 1. The molecule has 0 atom stereocenters. The van der Waals surface area contributed by atoms with E-state index in [0.717, 1.165) is 50.1 Å². The first kappa shape index (κ1) is 19.5. The van der Waals surface area contributed by atoms with E-state index in [0.29, 0.717) is 18.7 Å². The normalized spacial score (nSPS) is 15.3. The predicted octanol–water partition coefficient (Wildman–Crippen LogP) is 3.66. The number of nitrogens with one attached hydrogen (secondary N) is 1. The maximum Gasteiger partial charge on any atom is 0.222 e. The van der Waals surface area contributed by atoms with E-state index >= 15 is 0 Å². The second-order valence-electron chi connectivity index (χ2n) is 7.40. The Balaban J connectivity index is 1.18. The van der Waals surface area contributed by atoms with Gasteiger partial charge in [-0.05, 0) is 30.0 Å². The zero-order chi connectivity index (χ0) is 19.7. The third-order valence-corrected chi connectivity index (χ3v) is 5.15. The van der Waals surface area contributed by atoms with Gasteiger partial charge < -0.3 is 10.1 Å². The fourth-order valence-corrected chi connectivity index (χ4v) is 3.49. The molecule has 1 aromatic carbocycles. The van der Waals surface area contributed by atoms with Crippen LogP contribution in [0.25, 0.3) is 0 Å². The summed E-state index contributed by atoms with van der Waals surface area (Å²) in [6.07, 6.45) is 9.93. The molecule has 1 N–H and O–H groups in total. The van der Waals surface area contributed by atoms with Crippen LogP contribution in [0.5, 0.6) is 0 Å². The van der Waals surface area contributed by atoms with Crippen molar-refractivity contribution in [3.8, 4) is 0 Å². The number of nitrogens with zero attached hydrogens (tertiary/aromatic N) is 4. The Morgan fingerprint density at radius 2 is 1.66 bits per heavy atom. The van der Waals surface area contributed by atoms with Crippen molar-refractivity contribution in [1.82, 2.24) is 19.9 Å². The molecule has 1 aliphatic rings. The van der Waals surface area contributed by atoms with Crippen LogP contribution >= 0.6 is 0 Å². The first-order valence-electron chi connectivity index (χ1n) is 10.2. The SMILES string of the molecule is c1ccc(CNc2ncc(CN3CCC(OCc4cccnc4)CC3)cn2)cc1. The first-order valence-corrected chi connectivity index (χ1v) is 10.2. The van der Waals surface area contributed by atoms with Crippen molar-refractivity contribution >= 4 is 5.95 Å². The molecule has 0 unspecified atom stereocenters. The topological polar surface area (TPSA) is 63.2 Å². The van der Waals surface area contributed by atoms with Gasteiger partial charge in [0.15, 0.2) is 0 Å². The number of hydrogen-bond acceptors (Lipinski definition) is 6. The zero-order valence-electron chi connectivity index (χ0n) is 16.6. The first-order chi connectivity index (χ1) is 14.3. The highest BCUT2D eigenvalue weighted by molar-refractivity contribution is 5.27. The fourth-order valence-electron chi connectivity index (χ4n) is 3.49. The molecule has 1 fully saturated rings. The lowest BCUT2D eigenvalue weighted by atomic mass is 10.1. The lowest BCUT2D eigenvalue weighted by molar-refractivity contribution is -0.00406. The third-order valence-electron chi connectivity index (χ3n) is 5.15. The molecule has 29 heavy (non-hydrogen) atoms. The molecule has 0 spiro atoms. The Hall–Kier alpha value is -2.83. The number of likely N-dealkylation sites (tertiary alicyclic amines) is 1. The maximum absolute atomic E-state index is 6.05. The van der Waals surface area contributed by atoms with Crippen LogP contribution in [0.15, 0.2) is 67.3 Å². The number of benzene rings is 1. The summed E-state index contributed by atoms with van der Waals surface area (Å²) in [5.74, 6) is 0.667. The van der Waals surface area contributed by atoms with Crippen LogP contribution in [0.2, 0.25) is 0 Å². The van der Waals surface area contributed by atoms with Gasteiger partial charge in [0, 0.05) is 56.5 Å². The number of ether oxygens (including phenoxy) is 1. The summed E-state index contributed by atoms with van der Waals surface area (Å²) in [7, 11) is 0. The molecule has 0 saturated carbocycles. The molecule has 0 amide bonds. The van der Waals surface area contributed by atoms with Gasteiger partial charge in [0.1, 0.15) is 0 Å². The van der Waals surface area contributed by atoms with Gasteiger partial charge in [0.25, 0.3) is 0 Å². The van der Waals surface area contributed by atoms with E-state index in [2.05, 4.69) is 43.4 Å². The van der Waals surface area contributed by atoms with Gasteiger partial charge in [0.2, 0.25) is 5.95 Å². The van der Waals surface area contributed by atoms with Gasteiger partial charge in [-0.3, -0.25) is 9.88 Å². The second kappa shape index (κ2) is 10.1. The highest BCUT2D eigenvalue weighted by Gasteiger charge is 2.20. The van der Waals surface area contributed by atoms with E-state index in [1.807, 2.05) is 42.9 Å². The molecule has 0 bridgehead atoms. The standard InChI is InChI=1S/C23H27N5O/c1-2-5-19(6-3-1)14-25-23-26-15-21(16-27-23)17-28-11-8-22(9-12-28)29-18-20-7-4-10-24-13-20/h1-7,10,13,15-16,22H,8-9,11-12,14,17-18H2,(H,25,26,27). The fraction of sp³-hybridized carbons (Fsp3) is 0.348. The molecule has 2 aromatic heterocycles. The summed E-state index contributed by atoms with van der Waals surface area (Å²) in [4.78, 5) is 15.5. The van der Waals surface area contributed by atoms with Gasteiger partial charge in [-0.25, -0.2) is 9.97 Å². The molecule has 150 valence electrons. The average Bonchev–Trinajstić information content (AvgIpc) is 2.80. The summed E-state index contributed by atoms with van der Waals surface area (Å²) in [6.45, 7) is 4.32. The quantitative estimate of drug-likeness (QED) is 0.634. The molecule has 0 aliphatic carbocycles. The average molecular weight is 390 g/mol. The highest BCUT2D eigenvalue weighted by atomic mass is 16.5. The zero-order valence-corrected chi connectivity index (χ0v) is 16.6. The number of pyridine rings is 1. The van der Waals surface area contributed by atoms with Crippen molar-refractivity contribution in [3.63, 3.8) is 0 Å². The van der Waals surface area contributed by atoms with Crippen LogP contribution < -0.4 is 5.32 Å². The Morgan fingerprint density at radius 1 is 0.897 bits per heavy atom. The Labute approximate surface area is 172 Å². The molecule has 0 radical (unpaired) electrons. The summed E-state index contributed by atoms with van der Waals surface area (Å²) in [5.41, 5.74) is 3.49. The van der Waals surface area contributed by atoms with E-state index < -0.39 is 0 Å². The van der Waals surface area contributed by atoms with Crippen molar-refractivity contribution in [2.75, 3.05) is 18.4 Å². The van der Waals surface area contributed by atoms with Crippen LogP contribution in [-0.2, 0) is 24.4 Å². The van der Waals surface area contributed by atoms with E-state index in [4.69, 9.17) is 4.74 Å². The van der Waals surface area contributed by atoms with Crippen LogP contribution in [0.3, 0.4) is 0 Å². The Kier molecular flexibility index (Phi) is 6.78. The lowest BCUT2D eigenvalue weighted by Gasteiger charge is -2.31. The lowest BCUT2D eigenvalue weighted by Crippen LogP contribution is -2.36. The van der Waals surface area contributed by atoms with Crippen LogP contribution in [-0.4, -0.2) is 39.0 Å². The van der Waals surface area contributed by atoms with Crippen molar-refractivity contribution in [2.24, 2.45) is 0 Å². The molecular weight excluding hydrogens is 362 g/mol. The summed E-state index contributed by atoms with van der Waals surface area (Å²) in [6, 6.07) is 14.3. The van der Waals surface area contributed by atoms with Gasteiger partial charge >= 0.3 is 0 Å². The van der Waals surface area contributed by atoms with E-state index in [-0.39, 0.29) is 0 Å². The Bertz CT molecular complexity index is 849. The summed E-state index contributed by atoms with van der Waals surface area (Å²) in [5, 5.41) is 3.27. The summed E-state index contributed by atoms with van der Waals surface area (Å²) >= 11 is 0. The molecule has 6 nitrogen and oxygen atoms in total. The highest BCUT2D eigenvalue weighted by Crippen LogP contribution is 2.17. The summed E-state index contributed by atoms with van der Waals surface area (Å²) < 4.78 is 6.05. The number of hydrogen-bond donors (Lipinski definition) is 1. The van der Waals surface area contributed by atoms with Crippen molar-refractivity contribution in [3.05, 3.63) is 83.9 Å². The largest absolute Gasteiger partial charge is 0.373 e. The predicted molar refractivity (Wildman–Crippen MR) is 113 cm³/mol. The third kappa shape index (κ3) is 6.07. The number of rotatable bonds is 8. The molecule has 3 aromatic rings. The van der Waals surface area contributed by atoms with Gasteiger partial charge in [-0.2, -0.15) is 0 Å². The minimum Gasteiger partial charge on any atom is -0.373 e. The minimum atomic E-state index is 0.326. The second-order valence-corrected chi connectivity index (χ2v) is 7.40. The van der Waals surface area contributed by atoms with Gasteiger partial charge in [0.05, 0.1) is 12.7 Å². The van der Waals surface area contributed by atoms with Crippen molar-refractivity contribution in [2.45, 2.75) is 38.6 Å².